The Labute approximate surface area is 138 Å². The Hall–Kier alpha value is -3.03. The number of amides is 1. The first kappa shape index (κ1) is 14.6. The van der Waals surface area contributed by atoms with E-state index < -0.39 is 0 Å². The highest BCUT2D eigenvalue weighted by molar-refractivity contribution is 5.94. The maximum Gasteiger partial charge on any atom is 0.255 e. The molecule has 0 aromatic carbocycles. The second-order valence-corrected chi connectivity index (χ2v) is 5.79. The molecule has 0 unspecified atom stereocenters. The summed E-state index contributed by atoms with van der Waals surface area (Å²) in [6.45, 7) is 1.44. The van der Waals surface area contributed by atoms with E-state index in [0.29, 0.717) is 12.1 Å². The molecule has 122 valence electrons. The molecule has 3 aromatic heterocycles. The number of hydrogen-bond donors (Lipinski definition) is 0. The van der Waals surface area contributed by atoms with E-state index in [4.69, 9.17) is 0 Å². The molecule has 1 amide bonds. The summed E-state index contributed by atoms with van der Waals surface area (Å²) in [5.74, 6) is 0.756. The van der Waals surface area contributed by atoms with E-state index in [2.05, 4.69) is 20.3 Å². The van der Waals surface area contributed by atoms with Gasteiger partial charge in [-0.15, -0.1) is 5.10 Å². The molecule has 0 radical (unpaired) electrons. The molecule has 1 atom stereocenters. The third kappa shape index (κ3) is 2.78. The van der Waals surface area contributed by atoms with Crippen molar-refractivity contribution in [2.45, 2.75) is 25.4 Å². The number of hydrogen-bond acceptors (Lipinski definition) is 5. The molecule has 1 aliphatic heterocycles. The fraction of sp³-hybridized carbons (Fsp3) is 0.312. The standard InChI is InChI=1S/C16H17N7O/c24-16(13-3-4-15(18-10-13)21-8-5-17-12-21)23-7-1-2-14(23)11-22-9-6-19-20-22/h3-6,8-10,12,14H,1-2,7,11H2/t14-/m0/s1. The van der Waals surface area contributed by atoms with Crippen molar-refractivity contribution in [2.24, 2.45) is 0 Å². The summed E-state index contributed by atoms with van der Waals surface area (Å²) in [6, 6.07) is 3.79. The maximum atomic E-state index is 12.8. The lowest BCUT2D eigenvalue weighted by Crippen LogP contribution is -2.38. The lowest BCUT2D eigenvalue weighted by molar-refractivity contribution is 0.0721. The molecule has 0 bridgehead atoms. The van der Waals surface area contributed by atoms with Crippen molar-refractivity contribution in [3.05, 3.63) is 55.0 Å². The van der Waals surface area contributed by atoms with E-state index in [1.165, 1.54) is 0 Å². The highest BCUT2D eigenvalue weighted by Crippen LogP contribution is 2.21. The van der Waals surface area contributed by atoms with Crippen LogP contribution in [0.3, 0.4) is 0 Å². The molecule has 1 aliphatic rings. The van der Waals surface area contributed by atoms with Gasteiger partial charge in [0, 0.05) is 31.3 Å². The average Bonchev–Trinajstić information content (AvgIpc) is 3.37. The number of rotatable bonds is 4. The Morgan fingerprint density at radius 3 is 2.92 bits per heavy atom. The zero-order valence-electron chi connectivity index (χ0n) is 13.1. The van der Waals surface area contributed by atoms with Crippen molar-refractivity contribution in [3.63, 3.8) is 0 Å². The van der Waals surface area contributed by atoms with Gasteiger partial charge >= 0.3 is 0 Å². The van der Waals surface area contributed by atoms with Gasteiger partial charge in [-0.3, -0.25) is 14.0 Å². The number of aromatic nitrogens is 6. The SMILES string of the molecule is O=C(c1ccc(-n2ccnc2)nc1)N1CCC[C@H]1Cn1ccnn1. The van der Waals surface area contributed by atoms with E-state index in [-0.39, 0.29) is 11.9 Å². The molecule has 4 rings (SSSR count). The normalized spacial score (nSPS) is 17.3. The monoisotopic (exact) mass is 323 g/mol. The summed E-state index contributed by atoms with van der Waals surface area (Å²) >= 11 is 0. The van der Waals surface area contributed by atoms with Crippen LogP contribution in [0.5, 0.6) is 0 Å². The van der Waals surface area contributed by atoms with E-state index in [9.17, 15) is 4.79 Å². The number of imidazole rings is 1. The van der Waals surface area contributed by atoms with Crippen molar-refractivity contribution < 1.29 is 4.79 Å². The van der Waals surface area contributed by atoms with Crippen molar-refractivity contribution in [3.8, 4) is 5.82 Å². The molecule has 0 aliphatic carbocycles. The van der Waals surface area contributed by atoms with Gasteiger partial charge in [0.2, 0.25) is 0 Å². The maximum absolute atomic E-state index is 12.8. The second-order valence-electron chi connectivity index (χ2n) is 5.79. The van der Waals surface area contributed by atoms with Crippen LogP contribution in [0.15, 0.2) is 49.4 Å². The topological polar surface area (TPSA) is 81.7 Å². The van der Waals surface area contributed by atoms with Crippen molar-refractivity contribution in [1.29, 1.82) is 0 Å². The van der Waals surface area contributed by atoms with Gasteiger partial charge in [-0.1, -0.05) is 5.21 Å². The Morgan fingerprint density at radius 1 is 1.25 bits per heavy atom. The van der Waals surface area contributed by atoms with Crippen LogP contribution in [0.1, 0.15) is 23.2 Å². The van der Waals surface area contributed by atoms with Crippen LogP contribution in [-0.2, 0) is 6.54 Å². The zero-order chi connectivity index (χ0) is 16.4. The van der Waals surface area contributed by atoms with E-state index in [0.717, 1.165) is 25.2 Å². The van der Waals surface area contributed by atoms with Gasteiger partial charge in [0.05, 0.1) is 24.3 Å². The van der Waals surface area contributed by atoms with Crippen LogP contribution < -0.4 is 0 Å². The van der Waals surface area contributed by atoms with Crippen molar-refractivity contribution in [1.82, 2.24) is 34.4 Å². The number of carbonyl (C=O) groups is 1. The molecular formula is C16H17N7O. The fourth-order valence-corrected chi connectivity index (χ4v) is 3.06. The summed E-state index contributed by atoms with van der Waals surface area (Å²) in [5.41, 5.74) is 0.601. The van der Waals surface area contributed by atoms with Crippen LogP contribution in [0.25, 0.3) is 5.82 Å². The first-order chi connectivity index (χ1) is 11.8. The summed E-state index contributed by atoms with van der Waals surface area (Å²) in [5, 5.41) is 7.81. The van der Waals surface area contributed by atoms with Gasteiger partial charge in [-0.05, 0) is 25.0 Å². The Bertz CT molecular complexity index is 796. The largest absolute Gasteiger partial charge is 0.334 e. The van der Waals surface area contributed by atoms with Gasteiger partial charge in [0.25, 0.3) is 5.91 Å². The molecule has 8 nitrogen and oxygen atoms in total. The van der Waals surface area contributed by atoms with E-state index in [1.807, 2.05) is 29.4 Å². The zero-order valence-corrected chi connectivity index (χ0v) is 13.1. The van der Waals surface area contributed by atoms with E-state index in [1.54, 1.807) is 34.2 Å². The summed E-state index contributed by atoms with van der Waals surface area (Å²) in [6.07, 6.45) is 12.3. The first-order valence-electron chi connectivity index (χ1n) is 7.91. The fourth-order valence-electron chi connectivity index (χ4n) is 3.06. The number of likely N-dealkylation sites (tertiary alicyclic amines) is 1. The lowest BCUT2D eigenvalue weighted by atomic mass is 10.2. The van der Waals surface area contributed by atoms with Crippen LogP contribution >= 0.6 is 0 Å². The predicted octanol–water partition coefficient (Wildman–Crippen LogP) is 1.16. The lowest BCUT2D eigenvalue weighted by Gasteiger charge is -2.24. The van der Waals surface area contributed by atoms with Crippen LogP contribution in [-0.4, -0.2) is 52.9 Å². The average molecular weight is 323 g/mol. The highest BCUT2D eigenvalue weighted by atomic mass is 16.2. The van der Waals surface area contributed by atoms with Crippen molar-refractivity contribution >= 4 is 5.91 Å². The summed E-state index contributed by atoms with van der Waals surface area (Å²) < 4.78 is 3.58. The minimum absolute atomic E-state index is 0.0160. The second kappa shape index (κ2) is 6.23. The third-order valence-electron chi connectivity index (χ3n) is 4.27. The molecule has 0 N–H and O–H groups in total. The quantitative estimate of drug-likeness (QED) is 0.720. The van der Waals surface area contributed by atoms with E-state index >= 15 is 0 Å². The third-order valence-corrected chi connectivity index (χ3v) is 4.27. The summed E-state index contributed by atoms with van der Waals surface area (Å²) in [4.78, 5) is 23.1. The molecule has 0 saturated carbocycles. The number of pyridine rings is 1. The molecule has 0 spiro atoms. The van der Waals surface area contributed by atoms with Crippen LogP contribution in [0.4, 0.5) is 0 Å². The molecule has 4 heterocycles. The first-order valence-corrected chi connectivity index (χ1v) is 7.91. The molecule has 1 fully saturated rings. The predicted molar refractivity (Wildman–Crippen MR) is 85.4 cm³/mol. The van der Waals surface area contributed by atoms with Gasteiger partial charge in [-0.25, -0.2) is 9.97 Å². The number of carbonyl (C=O) groups excluding carboxylic acids is 1. The minimum atomic E-state index is 0.0160. The van der Waals surface area contributed by atoms with Crippen LogP contribution in [0, 0.1) is 0 Å². The molecule has 24 heavy (non-hydrogen) atoms. The minimum Gasteiger partial charge on any atom is -0.334 e. The highest BCUT2D eigenvalue weighted by Gasteiger charge is 2.30. The molecule has 3 aromatic rings. The molecular weight excluding hydrogens is 306 g/mol. The molecule has 8 heteroatoms. The van der Waals surface area contributed by atoms with Gasteiger partial charge in [-0.2, -0.15) is 0 Å². The number of nitrogens with zero attached hydrogens (tertiary/aromatic N) is 7. The molecule has 1 saturated heterocycles. The van der Waals surface area contributed by atoms with Crippen LogP contribution in [0.2, 0.25) is 0 Å². The smallest absolute Gasteiger partial charge is 0.255 e. The Kier molecular flexibility index (Phi) is 3.78. The van der Waals surface area contributed by atoms with Gasteiger partial charge < -0.3 is 4.90 Å². The summed E-state index contributed by atoms with van der Waals surface area (Å²) in [7, 11) is 0. The van der Waals surface area contributed by atoms with Crippen molar-refractivity contribution in [2.75, 3.05) is 6.54 Å². The van der Waals surface area contributed by atoms with Gasteiger partial charge in [0.1, 0.15) is 12.1 Å². The Balaban J connectivity index is 1.50. The Morgan fingerprint density at radius 2 is 2.21 bits per heavy atom. The van der Waals surface area contributed by atoms with Gasteiger partial charge in [0.15, 0.2) is 0 Å².